The number of nitrogens with zero attached hydrogens (tertiary/aromatic N) is 2. The molecule has 0 spiro atoms. The zero-order valence-corrected chi connectivity index (χ0v) is 12.5. The van der Waals surface area contributed by atoms with E-state index in [9.17, 15) is 0 Å². The molecule has 0 radical (unpaired) electrons. The van der Waals surface area contributed by atoms with Gasteiger partial charge >= 0.3 is 0 Å². The molecule has 0 saturated heterocycles. The minimum absolute atomic E-state index is 0.147. The van der Waals surface area contributed by atoms with E-state index in [0.29, 0.717) is 0 Å². The second kappa shape index (κ2) is 4.48. The molecule has 2 heteroatoms. The van der Waals surface area contributed by atoms with Crippen LogP contribution in [0.15, 0.2) is 48.5 Å². The molecule has 0 aliphatic carbocycles. The van der Waals surface area contributed by atoms with E-state index in [4.69, 9.17) is 0 Å². The van der Waals surface area contributed by atoms with Gasteiger partial charge in [0.05, 0.1) is 11.0 Å². The average molecular weight is 264 g/mol. The van der Waals surface area contributed by atoms with Gasteiger partial charge in [0.2, 0.25) is 0 Å². The summed E-state index contributed by atoms with van der Waals surface area (Å²) in [6.45, 7) is 8.78. The van der Waals surface area contributed by atoms with Gasteiger partial charge in [-0.3, -0.25) is 4.57 Å². The van der Waals surface area contributed by atoms with Gasteiger partial charge in [-0.05, 0) is 42.2 Å². The number of aromatic nitrogens is 2. The van der Waals surface area contributed by atoms with Crippen LogP contribution in [0.5, 0.6) is 0 Å². The van der Waals surface area contributed by atoms with Crippen molar-refractivity contribution in [2.24, 2.45) is 0 Å². The topological polar surface area (TPSA) is 17.8 Å². The first-order chi connectivity index (χ1) is 9.47. The van der Waals surface area contributed by atoms with Crippen LogP contribution in [0.1, 0.15) is 32.2 Å². The normalized spacial score (nSPS) is 12.0. The van der Waals surface area contributed by atoms with E-state index in [0.717, 1.165) is 11.3 Å². The van der Waals surface area contributed by atoms with Crippen LogP contribution in [0.25, 0.3) is 16.7 Å². The van der Waals surface area contributed by atoms with Crippen molar-refractivity contribution in [3.63, 3.8) is 0 Å². The van der Waals surface area contributed by atoms with Crippen molar-refractivity contribution in [1.29, 1.82) is 0 Å². The maximum absolute atomic E-state index is 4.68. The molecular weight excluding hydrogens is 244 g/mol. The molecule has 1 heterocycles. The Morgan fingerprint density at radius 1 is 0.950 bits per heavy atom. The van der Waals surface area contributed by atoms with Crippen LogP contribution in [0, 0.1) is 6.92 Å². The van der Waals surface area contributed by atoms with Gasteiger partial charge in [-0.1, -0.05) is 45.0 Å². The van der Waals surface area contributed by atoms with E-state index < -0.39 is 0 Å². The molecule has 0 unspecified atom stereocenters. The lowest BCUT2D eigenvalue weighted by Gasteiger charge is -2.19. The molecule has 0 atom stereocenters. The van der Waals surface area contributed by atoms with Gasteiger partial charge < -0.3 is 0 Å². The number of para-hydroxylation sites is 1. The van der Waals surface area contributed by atoms with Crippen molar-refractivity contribution >= 4 is 11.0 Å². The number of hydrogen-bond donors (Lipinski definition) is 0. The number of imidazole rings is 1. The van der Waals surface area contributed by atoms with Crippen molar-refractivity contribution in [2.75, 3.05) is 0 Å². The molecule has 0 aliphatic heterocycles. The van der Waals surface area contributed by atoms with Crippen molar-refractivity contribution in [1.82, 2.24) is 9.55 Å². The Labute approximate surface area is 120 Å². The molecule has 3 aromatic rings. The Kier molecular flexibility index (Phi) is 2.89. The van der Waals surface area contributed by atoms with Crippen LogP contribution in [-0.4, -0.2) is 9.55 Å². The third-order valence-corrected chi connectivity index (χ3v) is 3.70. The van der Waals surface area contributed by atoms with Gasteiger partial charge in [0, 0.05) is 5.69 Å². The Balaban J connectivity index is 2.29. The van der Waals surface area contributed by atoms with Crippen molar-refractivity contribution in [2.45, 2.75) is 33.1 Å². The van der Waals surface area contributed by atoms with Crippen LogP contribution in [0.3, 0.4) is 0 Å². The summed E-state index contributed by atoms with van der Waals surface area (Å²) >= 11 is 0. The second-order valence-electron chi connectivity index (χ2n) is 6.28. The maximum atomic E-state index is 4.68. The lowest BCUT2D eigenvalue weighted by Crippen LogP contribution is -2.10. The quantitative estimate of drug-likeness (QED) is 0.626. The van der Waals surface area contributed by atoms with Gasteiger partial charge in [-0.25, -0.2) is 4.98 Å². The van der Waals surface area contributed by atoms with Crippen molar-refractivity contribution in [3.05, 3.63) is 59.9 Å². The highest BCUT2D eigenvalue weighted by Gasteiger charge is 2.16. The van der Waals surface area contributed by atoms with Gasteiger partial charge in [-0.2, -0.15) is 0 Å². The predicted octanol–water partition coefficient (Wildman–Crippen LogP) is 4.63. The van der Waals surface area contributed by atoms with E-state index in [1.807, 2.05) is 6.07 Å². The summed E-state index contributed by atoms with van der Waals surface area (Å²) < 4.78 is 2.23. The molecule has 102 valence electrons. The first-order valence-electron chi connectivity index (χ1n) is 7.02. The molecule has 0 N–H and O–H groups in total. The third kappa shape index (κ3) is 2.11. The highest BCUT2D eigenvalue weighted by Crippen LogP contribution is 2.28. The van der Waals surface area contributed by atoms with Crippen LogP contribution in [-0.2, 0) is 5.41 Å². The Hall–Kier alpha value is -2.09. The molecule has 3 rings (SSSR count). The molecular formula is C18H20N2. The van der Waals surface area contributed by atoms with Crippen LogP contribution in [0.2, 0.25) is 0 Å². The summed E-state index contributed by atoms with van der Waals surface area (Å²) in [7, 11) is 0. The smallest absolute Gasteiger partial charge is 0.111 e. The minimum atomic E-state index is 0.147. The third-order valence-electron chi connectivity index (χ3n) is 3.70. The maximum Gasteiger partial charge on any atom is 0.111 e. The predicted molar refractivity (Wildman–Crippen MR) is 84.5 cm³/mol. The van der Waals surface area contributed by atoms with Crippen molar-refractivity contribution in [3.8, 4) is 5.69 Å². The fourth-order valence-electron chi connectivity index (χ4n) is 2.57. The molecule has 2 aromatic carbocycles. The van der Waals surface area contributed by atoms with E-state index in [2.05, 4.69) is 79.7 Å². The highest BCUT2D eigenvalue weighted by molar-refractivity contribution is 5.79. The van der Waals surface area contributed by atoms with Crippen LogP contribution >= 0.6 is 0 Å². The molecule has 2 nitrogen and oxygen atoms in total. The molecule has 0 bridgehead atoms. The van der Waals surface area contributed by atoms with Crippen LogP contribution in [0.4, 0.5) is 0 Å². The molecule has 0 aliphatic rings. The summed E-state index contributed by atoms with van der Waals surface area (Å²) in [5.74, 6) is 1.03. The lowest BCUT2D eigenvalue weighted by molar-refractivity contribution is 0.591. The van der Waals surface area contributed by atoms with E-state index in [1.54, 1.807) is 0 Å². The second-order valence-corrected chi connectivity index (χ2v) is 6.28. The van der Waals surface area contributed by atoms with Crippen LogP contribution < -0.4 is 0 Å². The minimum Gasteiger partial charge on any atom is -0.297 e. The highest BCUT2D eigenvalue weighted by atomic mass is 15.1. The fraction of sp³-hybridized carbons (Fsp3) is 0.278. The number of hydrogen-bond acceptors (Lipinski definition) is 1. The molecule has 0 fully saturated rings. The van der Waals surface area contributed by atoms with Gasteiger partial charge in [0.15, 0.2) is 0 Å². The Bertz CT molecular complexity index is 746. The molecule has 0 saturated carbocycles. The summed E-state index contributed by atoms with van der Waals surface area (Å²) in [5, 5.41) is 0. The summed E-state index contributed by atoms with van der Waals surface area (Å²) in [6, 6.07) is 17.0. The zero-order chi connectivity index (χ0) is 14.3. The largest absolute Gasteiger partial charge is 0.297 e. The van der Waals surface area contributed by atoms with E-state index in [1.165, 1.54) is 16.8 Å². The number of benzene rings is 2. The number of rotatable bonds is 1. The lowest BCUT2D eigenvalue weighted by atomic mass is 9.87. The molecule has 0 amide bonds. The molecule has 1 aromatic heterocycles. The summed E-state index contributed by atoms with van der Waals surface area (Å²) in [5.41, 5.74) is 4.88. The van der Waals surface area contributed by atoms with Gasteiger partial charge in [0.25, 0.3) is 0 Å². The summed E-state index contributed by atoms with van der Waals surface area (Å²) in [4.78, 5) is 4.68. The monoisotopic (exact) mass is 264 g/mol. The summed E-state index contributed by atoms with van der Waals surface area (Å²) in [6.07, 6.45) is 0. The standard InChI is InChI=1S/C18H20N2/c1-13-19-16-11-10-14(18(2,3)4)12-17(16)20(13)15-8-6-5-7-9-15/h5-12H,1-4H3. The zero-order valence-electron chi connectivity index (χ0n) is 12.5. The number of fused-ring (bicyclic) bond motifs is 1. The Morgan fingerprint density at radius 2 is 1.65 bits per heavy atom. The Morgan fingerprint density at radius 3 is 2.30 bits per heavy atom. The van der Waals surface area contributed by atoms with E-state index in [-0.39, 0.29) is 5.41 Å². The first kappa shape index (κ1) is 12.9. The number of aryl methyl sites for hydroxylation is 1. The molecule has 20 heavy (non-hydrogen) atoms. The van der Waals surface area contributed by atoms with Crippen molar-refractivity contribution < 1.29 is 0 Å². The average Bonchev–Trinajstić information content (AvgIpc) is 2.73. The SMILES string of the molecule is Cc1nc2ccc(C(C)(C)C)cc2n1-c1ccccc1. The van der Waals surface area contributed by atoms with Gasteiger partial charge in [-0.15, -0.1) is 0 Å². The van der Waals surface area contributed by atoms with E-state index >= 15 is 0 Å². The first-order valence-corrected chi connectivity index (χ1v) is 7.02. The van der Waals surface area contributed by atoms with Gasteiger partial charge in [0.1, 0.15) is 5.82 Å². The fourth-order valence-corrected chi connectivity index (χ4v) is 2.57.